The Morgan fingerprint density at radius 2 is 2.00 bits per heavy atom. The second-order valence-corrected chi connectivity index (χ2v) is 5.74. The zero-order chi connectivity index (χ0) is 15.2. The summed E-state index contributed by atoms with van der Waals surface area (Å²) in [5.41, 5.74) is 9.23. The predicted molar refractivity (Wildman–Crippen MR) is 85.1 cm³/mol. The van der Waals surface area contributed by atoms with Gasteiger partial charge in [0.15, 0.2) is 5.84 Å². The molecule has 0 aliphatic carbocycles. The first kappa shape index (κ1) is 15.4. The molecule has 2 aromatic carbocycles. The minimum atomic E-state index is -0.384. The van der Waals surface area contributed by atoms with Gasteiger partial charge in [0.1, 0.15) is 5.82 Å². The number of amidine groups is 1. The van der Waals surface area contributed by atoms with Crippen LogP contribution < -0.4 is 5.73 Å². The molecule has 0 atom stereocenters. The fourth-order valence-corrected chi connectivity index (χ4v) is 3.04. The van der Waals surface area contributed by atoms with Crippen LogP contribution in [0, 0.1) is 12.7 Å². The molecule has 2 rings (SSSR count). The fraction of sp³-hybridized carbons (Fsp3) is 0.188. The second kappa shape index (κ2) is 7.13. The molecule has 0 saturated heterocycles. The average Bonchev–Trinajstić information content (AvgIpc) is 2.48. The maximum atomic E-state index is 13.5. The van der Waals surface area contributed by atoms with E-state index in [1.165, 1.54) is 23.3 Å². The van der Waals surface area contributed by atoms with Gasteiger partial charge in [0.05, 0.1) is 0 Å². The van der Waals surface area contributed by atoms with Crippen molar-refractivity contribution in [3.63, 3.8) is 0 Å². The van der Waals surface area contributed by atoms with Gasteiger partial charge in [-0.2, -0.15) is 11.8 Å². The predicted octanol–water partition coefficient (Wildman–Crippen LogP) is 3.66. The van der Waals surface area contributed by atoms with Gasteiger partial charge in [-0.05, 0) is 41.8 Å². The number of nitrogens with zero attached hydrogens (tertiary/aromatic N) is 1. The van der Waals surface area contributed by atoms with Crippen LogP contribution in [-0.4, -0.2) is 11.0 Å². The minimum Gasteiger partial charge on any atom is -0.409 e. The Balaban J connectivity index is 2.04. The molecule has 0 aliphatic heterocycles. The summed E-state index contributed by atoms with van der Waals surface area (Å²) in [4.78, 5) is 0. The Bertz CT molecular complexity index is 658. The molecule has 0 heterocycles. The van der Waals surface area contributed by atoms with E-state index in [9.17, 15) is 4.39 Å². The summed E-state index contributed by atoms with van der Waals surface area (Å²) in [6, 6.07) is 12.7. The SMILES string of the molecule is Cc1ccccc1CSCc1cc(F)cc(/C(N)=N/O)c1. The molecule has 3 N–H and O–H groups in total. The van der Waals surface area contributed by atoms with Crippen LogP contribution in [0.25, 0.3) is 0 Å². The van der Waals surface area contributed by atoms with Gasteiger partial charge in [-0.3, -0.25) is 0 Å². The maximum absolute atomic E-state index is 13.5. The highest BCUT2D eigenvalue weighted by Gasteiger charge is 2.05. The molecule has 3 nitrogen and oxygen atoms in total. The third kappa shape index (κ3) is 4.23. The van der Waals surface area contributed by atoms with Crippen molar-refractivity contribution in [1.29, 1.82) is 0 Å². The first-order valence-corrected chi connectivity index (χ1v) is 7.65. The van der Waals surface area contributed by atoms with Crippen LogP contribution in [0.2, 0.25) is 0 Å². The van der Waals surface area contributed by atoms with E-state index >= 15 is 0 Å². The lowest BCUT2D eigenvalue weighted by atomic mass is 10.1. The molecule has 0 unspecified atom stereocenters. The molecule has 0 aliphatic rings. The van der Waals surface area contributed by atoms with Gasteiger partial charge in [0.25, 0.3) is 0 Å². The molecule has 2 aromatic rings. The van der Waals surface area contributed by atoms with Crippen LogP contribution in [0.3, 0.4) is 0 Å². The summed E-state index contributed by atoms with van der Waals surface area (Å²) in [7, 11) is 0. The van der Waals surface area contributed by atoms with E-state index in [2.05, 4.69) is 24.2 Å². The number of hydrogen-bond donors (Lipinski definition) is 2. The van der Waals surface area contributed by atoms with E-state index in [1.54, 1.807) is 17.8 Å². The van der Waals surface area contributed by atoms with Crippen LogP contribution in [0.4, 0.5) is 4.39 Å². The van der Waals surface area contributed by atoms with Crippen LogP contribution in [0.15, 0.2) is 47.6 Å². The summed E-state index contributed by atoms with van der Waals surface area (Å²) < 4.78 is 13.5. The molecule has 0 amide bonds. The quantitative estimate of drug-likeness (QED) is 0.383. The summed E-state index contributed by atoms with van der Waals surface area (Å²) in [5, 5.41) is 11.6. The zero-order valence-electron chi connectivity index (χ0n) is 11.7. The smallest absolute Gasteiger partial charge is 0.170 e. The molecule has 0 radical (unpaired) electrons. The van der Waals surface area contributed by atoms with E-state index in [4.69, 9.17) is 10.9 Å². The van der Waals surface area contributed by atoms with Crippen molar-refractivity contribution in [1.82, 2.24) is 0 Å². The lowest BCUT2D eigenvalue weighted by Crippen LogP contribution is -2.13. The summed E-state index contributed by atoms with van der Waals surface area (Å²) in [6.07, 6.45) is 0. The van der Waals surface area contributed by atoms with Crippen LogP contribution >= 0.6 is 11.8 Å². The van der Waals surface area contributed by atoms with Gasteiger partial charge in [0, 0.05) is 17.1 Å². The van der Waals surface area contributed by atoms with Crippen molar-refractivity contribution < 1.29 is 9.60 Å². The molecule has 0 fully saturated rings. The molecule has 5 heteroatoms. The Kier molecular flexibility index (Phi) is 5.22. The number of aryl methyl sites for hydroxylation is 1. The normalized spacial score (nSPS) is 11.6. The molecule has 0 aromatic heterocycles. The topological polar surface area (TPSA) is 58.6 Å². The number of hydrogen-bond acceptors (Lipinski definition) is 3. The third-order valence-electron chi connectivity index (χ3n) is 3.15. The summed E-state index contributed by atoms with van der Waals surface area (Å²) >= 11 is 1.70. The van der Waals surface area contributed by atoms with Crippen LogP contribution in [0.5, 0.6) is 0 Å². The molecule has 0 saturated carbocycles. The fourth-order valence-electron chi connectivity index (χ4n) is 1.99. The Labute approximate surface area is 127 Å². The Morgan fingerprint density at radius 1 is 1.24 bits per heavy atom. The zero-order valence-corrected chi connectivity index (χ0v) is 12.5. The second-order valence-electron chi connectivity index (χ2n) is 4.75. The molecule has 110 valence electrons. The Morgan fingerprint density at radius 3 is 2.71 bits per heavy atom. The van der Waals surface area contributed by atoms with E-state index in [0.717, 1.165) is 11.3 Å². The van der Waals surface area contributed by atoms with Gasteiger partial charge in [-0.15, -0.1) is 0 Å². The van der Waals surface area contributed by atoms with E-state index in [-0.39, 0.29) is 11.7 Å². The van der Waals surface area contributed by atoms with Gasteiger partial charge >= 0.3 is 0 Å². The lowest BCUT2D eigenvalue weighted by molar-refractivity contribution is 0.318. The van der Waals surface area contributed by atoms with Gasteiger partial charge < -0.3 is 10.9 Å². The molecule has 0 bridgehead atoms. The first-order valence-electron chi connectivity index (χ1n) is 6.50. The van der Waals surface area contributed by atoms with E-state index < -0.39 is 0 Å². The van der Waals surface area contributed by atoms with Crippen molar-refractivity contribution in [3.05, 3.63) is 70.5 Å². The highest BCUT2D eigenvalue weighted by Crippen LogP contribution is 2.21. The third-order valence-corrected chi connectivity index (χ3v) is 4.20. The standard InChI is InChI=1S/C16H17FN2OS/c1-11-4-2-3-5-13(11)10-21-9-12-6-14(16(18)19-20)8-15(17)7-12/h2-8,20H,9-10H2,1H3,(H2,18,19). The number of rotatable bonds is 5. The first-order chi connectivity index (χ1) is 10.1. The highest BCUT2D eigenvalue weighted by molar-refractivity contribution is 7.97. The van der Waals surface area contributed by atoms with Crippen LogP contribution in [0.1, 0.15) is 22.3 Å². The van der Waals surface area contributed by atoms with Crippen molar-refractivity contribution in [3.8, 4) is 0 Å². The van der Waals surface area contributed by atoms with Crippen molar-refractivity contribution in [2.75, 3.05) is 0 Å². The number of oxime groups is 1. The lowest BCUT2D eigenvalue weighted by Gasteiger charge is -2.07. The summed E-state index contributed by atoms with van der Waals surface area (Å²) in [6.45, 7) is 2.08. The largest absolute Gasteiger partial charge is 0.409 e. The number of halogens is 1. The van der Waals surface area contributed by atoms with E-state index in [0.29, 0.717) is 11.3 Å². The van der Waals surface area contributed by atoms with Crippen molar-refractivity contribution in [2.24, 2.45) is 10.9 Å². The van der Waals surface area contributed by atoms with Gasteiger partial charge in [0.2, 0.25) is 0 Å². The highest BCUT2D eigenvalue weighted by atomic mass is 32.2. The molecular formula is C16H17FN2OS. The molecular weight excluding hydrogens is 287 g/mol. The molecule has 0 spiro atoms. The van der Waals surface area contributed by atoms with Gasteiger partial charge in [-0.1, -0.05) is 29.4 Å². The minimum absolute atomic E-state index is 0.0837. The maximum Gasteiger partial charge on any atom is 0.170 e. The number of thioether (sulfide) groups is 1. The van der Waals surface area contributed by atoms with Crippen molar-refractivity contribution in [2.45, 2.75) is 18.4 Å². The number of nitrogens with two attached hydrogens (primary N) is 1. The average molecular weight is 304 g/mol. The van der Waals surface area contributed by atoms with Crippen LogP contribution in [-0.2, 0) is 11.5 Å². The van der Waals surface area contributed by atoms with Gasteiger partial charge in [-0.25, -0.2) is 4.39 Å². The monoisotopic (exact) mass is 304 g/mol. The summed E-state index contributed by atoms with van der Waals surface area (Å²) in [5.74, 6) is 1.06. The van der Waals surface area contributed by atoms with E-state index in [1.807, 2.05) is 12.1 Å². The number of benzene rings is 2. The molecule has 21 heavy (non-hydrogen) atoms. The Hall–Kier alpha value is -2.01. The van der Waals surface area contributed by atoms with Crippen molar-refractivity contribution >= 4 is 17.6 Å².